The highest BCUT2D eigenvalue weighted by Crippen LogP contribution is 2.21. The van der Waals surface area contributed by atoms with Gasteiger partial charge in [0.15, 0.2) is 0 Å². The van der Waals surface area contributed by atoms with Crippen molar-refractivity contribution in [2.45, 2.75) is 12.5 Å². The number of aromatic hydroxyl groups is 1. The van der Waals surface area contributed by atoms with E-state index in [1.165, 1.54) is 12.1 Å². The van der Waals surface area contributed by atoms with Crippen LogP contribution < -0.4 is 5.32 Å². The van der Waals surface area contributed by atoms with Crippen LogP contribution in [0.5, 0.6) is 5.75 Å². The summed E-state index contributed by atoms with van der Waals surface area (Å²) in [5.74, 6) is -1.50. The number of benzene rings is 1. The molecule has 0 aliphatic carbocycles. The minimum Gasteiger partial charge on any atom is -0.508 e. The van der Waals surface area contributed by atoms with Crippen LogP contribution in [0, 0.1) is 0 Å². The number of carboxylic acid groups (broad SMARTS) is 1. The third-order valence-corrected chi connectivity index (χ3v) is 4.01. The van der Waals surface area contributed by atoms with Crippen molar-refractivity contribution in [3.8, 4) is 5.75 Å². The summed E-state index contributed by atoms with van der Waals surface area (Å²) < 4.78 is 0.463. The Kier molecular flexibility index (Phi) is 4.82. The van der Waals surface area contributed by atoms with Gasteiger partial charge in [-0.15, -0.1) is 11.3 Å². The van der Waals surface area contributed by atoms with Crippen LogP contribution >= 0.6 is 22.9 Å². The lowest BCUT2D eigenvalue weighted by Gasteiger charge is -2.14. The summed E-state index contributed by atoms with van der Waals surface area (Å²) in [6.07, 6.45) is 0.125. The van der Waals surface area contributed by atoms with Crippen LogP contribution in [0.25, 0.3) is 0 Å². The van der Waals surface area contributed by atoms with E-state index in [9.17, 15) is 19.8 Å². The third kappa shape index (κ3) is 4.21. The van der Waals surface area contributed by atoms with Gasteiger partial charge in [0.05, 0.1) is 9.21 Å². The highest BCUT2D eigenvalue weighted by Gasteiger charge is 2.21. The summed E-state index contributed by atoms with van der Waals surface area (Å²) in [6.45, 7) is 0. The molecule has 3 N–H and O–H groups in total. The zero-order valence-electron chi connectivity index (χ0n) is 10.7. The topological polar surface area (TPSA) is 86.6 Å². The summed E-state index contributed by atoms with van der Waals surface area (Å²) in [4.78, 5) is 23.6. The van der Waals surface area contributed by atoms with Gasteiger partial charge in [-0.2, -0.15) is 0 Å². The van der Waals surface area contributed by atoms with E-state index in [-0.39, 0.29) is 12.2 Å². The molecule has 0 saturated heterocycles. The average Bonchev–Trinajstić information content (AvgIpc) is 2.87. The molecule has 1 atom stereocenters. The van der Waals surface area contributed by atoms with Crippen molar-refractivity contribution in [2.24, 2.45) is 0 Å². The molecule has 0 saturated carbocycles. The standard InChI is InChI=1S/C14H12ClNO4S/c15-12-6-5-11(21-12)13(18)16-10(14(19)20)7-8-1-3-9(17)4-2-8/h1-6,10,17H,7H2,(H,16,18)(H,19,20)/t10-/m1/s1. The zero-order chi connectivity index (χ0) is 15.4. The molecule has 2 rings (SSSR count). The number of nitrogens with one attached hydrogen (secondary N) is 1. The Morgan fingerprint density at radius 3 is 2.38 bits per heavy atom. The molecular weight excluding hydrogens is 314 g/mol. The second-order valence-electron chi connectivity index (χ2n) is 4.34. The molecule has 2 aromatic rings. The van der Waals surface area contributed by atoms with Crippen LogP contribution in [-0.4, -0.2) is 28.1 Å². The number of carbonyl (C=O) groups is 2. The highest BCUT2D eigenvalue weighted by molar-refractivity contribution is 7.18. The van der Waals surface area contributed by atoms with Crippen molar-refractivity contribution in [3.63, 3.8) is 0 Å². The molecule has 110 valence electrons. The fourth-order valence-corrected chi connectivity index (χ4v) is 2.68. The first-order chi connectivity index (χ1) is 9.95. The predicted octanol–water partition coefficient (Wildman–Crippen LogP) is 2.53. The van der Waals surface area contributed by atoms with Crippen LogP contribution in [0.15, 0.2) is 36.4 Å². The number of hydrogen-bond donors (Lipinski definition) is 3. The molecule has 0 spiro atoms. The molecule has 0 unspecified atom stereocenters. The fraction of sp³-hybridized carbons (Fsp3) is 0.143. The molecule has 0 aliphatic rings. The Morgan fingerprint density at radius 1 is 1.19 bits per heavy atom. The summed E-state index contributed by atoms with van der Waals surface area (Å²) >= 11 is 6.83. The highest BCUT2D eigenvalue weighted by atomic mass is 35.5. The van der Waals surface area contributed by atoms with Crippen molar-refractivity contribution >= 4 is 34.8 Å². The molecule has 1 aromatic heterocycles. The van der Waals surface area contributed by atoms with Gasteiger partial charge in [0.2, 0.25) is 0 Å². The Hall–Kier alpha value is -2.05. The number of hydrogen-bond acceptors (Lipinski definition) is 4. The molecule has 1 amide bonds. The second-order valence-corrected chi connectivity index (χ2v) is 6.05. The Bertz CT molecular complexity index is 653. The molecule has 0 bridgehead atoms. The first-order valence-corrected chi connectivity index (χ1v) is 7.22. The molecule has 0 fully saturated rings. The first kappa shape index (κ1) is 15.3. The van der Waals surface area contributed by atoms with Crippen LogP contribution in [0.2, 0.25) is 4.34 Å². The molecule has 0 aliphatic heterocycles. The van der Waals surface area contributed by atoms with Crippen molar-refractivity contribution < 1.29 is 19.8 Å². The maximum Gasteiger partial charge on any atom is 0.326 e. The number of carboxylic acids is 1. The van der Waals surface area contributed by atoms with Gasteiger partial charge in [-0.05, 0) is 29.8 Å². The molecular formula is C14H12ClNO4S. The third-order valence-electron chi connectivity index (χ3n) is 2.78. The van der Waals surface area contributed by atoms with Crippen LogP contribution in [0.3, 0.4) is 0 Å². The van der Waals surface area contributed by atoms with E-state index in [4.69, 9.17) is 11.6 Å². The predicted molar refractivity (Wildman–Crippen MR) is 80.0 cm³/mol. The molecule has 0 radical (unpaired) electrons. The molecule has 7 heteroatoms. The Balaban J connectivity index is 2.07. The van der Waals surface area contributed by atoms with E-state index in [0.29, 0.717) is 14.8 Å². The lowest BCUT2D eigenvalue weighted by Crippen LogP contribution is -2.42. The second kappa shape index (κ2) is 6.60. The van der Waals surface area contributed by atoms with Gasteiger partial charge < -0.3 is 15.5 Å². The largest absolute Gasteiger partial charge is 0.508 e. The lowest BCUT2D eigenvalue weighted by atomic mass is 10.1. The van der Waals surface area contributed by atoms with Crippen LogP contribution in [0.1, 0.15) is 15.2 Å². The Labute approximate surface area is 129 Å². The number of rotatable bonds is 5. The number of carbonyl (C=O) groups excluding carboxylic acids is 1. The number of phenols is 1. The molecule has 5 nitrogen and oxygen atoms in total. The van der Waals surface area contributed by atoms with Crippen molar-refractivity contribution in [1.82, 2.24) is 5.32 Å². The first-order valence-electron chi connectivity index (χ1n) is 6.02. The van der Waals surface area contributed by atoms with E-state index in [0.717, 1.165) is 11.3 Å². The average molecular weight is 326 g/mol. The summed E-state index contributed by atoms with van der Waals surface area (Å²) in [5.41, 5.74) is 0.699. The minimum atomic E-state index is -1.13. The van der Waals surface area contributed by atoms with Gasteiger partial charge in [0, 0.05) is 6.42 Å². The van der Waals surface area contributed by atoms with Crippen molar-refractivity contribution in [2.75, 3.05) is 0 Å². The summed E-state index contributed by atoms with van der Waals surface area (Å²) in [7, 11) is 0. The smallest absolute Gasteiger partial charge is 0.326 e. The molecule has 1 aromatic carbocycles. The number of phenolic OH excluding ortho intramolecular Hbond substituents is 1. The lowest BCUT2D eigenvalue weighted by molar-refractivity contribution is -0.139. The molecule has 1 heterocycles. The summed E-state index contributed by atoms with van der Waals surface area (Å²) in [5, 5.41) is 20.9. The minimum absolute atomic E-state index is 0.0999. The number of halogens is 1. The van der Waals surface area contributed by atoms with E-state index < -0.39 is 17.9 Å². The summed E-state index contributed by atoms with van der Waals surface area (Å²) in [6, 6.07) is 8.23. The van der Waals surface area contributed by atoms with Gasteiger partial charge in [-0.1, -0.05) is 23.7 Å². The van der Waals surface area contributed by atoms with Gasteiger partial charge >= 0.3 is 5.97 Å². The van der Waals surface area contributed by atoms with Gasteiger partial charge in [0.25, 0.3) is 5.91 Å². The van der Waals surface area contributed by atoms with E-state index in [1.807, 2.05) is 0 Å². The van der Waals surface area contributed by atoms with Crippen molar-refractivity contribution in [3.05, 3.63) is 51.2 Å². The van der Waals surface area contributed by atoms with E-state index in [1.54, 1.807) is 24.3 Å². The van der Waals surface area contributed by atoms with Crippen LogP contribution in [0.4, 0.5) is 0 Å². The normalized spacial score (nSPS) is 11.9. The Morgan fingerprint density at radius 2 is 1.86 bits per heavy atom. The maximum atomic E-state index is 12.0. The number of thiophene rings is 1. The molecule has 21 heavy (non-hydrogen) atoms. The number of amides is 1. The number of aliphatic carboxylic acids is 1. The van der Waals surface area contributed by atoms with Gasteiger partial charge in [0.1, 0.15) is 11.8 Å². The fourth-order valence-electron chi connectivity index (χ4n) is 1.73. The van der Waals surface area contributed by atoms with Crippen LogP contribution in [-0.2, 0) is 11.2 Å². The zero-order valence-corrected chi connectivity index (χ0v) is 12.3. The monoisotopic (exact) mass is 325 g/mol. The van der Waals surface area contributed by atoms with E-state index in [2.05, 4.69) is 5.32 Å². The van der Waals surface area contributed by atoms with E-state index >= 15 is 0 Å². The maximum absolute atomic E-state index is 12.0. The van der Waals surface area contributed by atoms with Gasteiger partial charge in [-0.3, -0.25) is 4.79 Å². The van der Waals surface area contributed by atoms with Crippen molar-refractivity contribution in [1.29, 1.82) is 0 Å². The SMILES string of the molecule is O=C(N[C@H](Cc1ccc(O)cc1)C(=O)O)c1ccc(Cl)s1. The van der Waals surface area contributed by atoms with Gasteiger partial charge in [-0.25, -0.2) is 4.79 Å². The quantitative estimate of drug-likeness (QED) is 0.788.